The third kappa shape index (κ3) is 3.11. The molecule has 1 aromatic rings. The molecule has 0 heterocycles. The van der Waals surface area contributed by atoms with Gasteiger partial charge in [0.15, 0.2) is 6.29 Å². The average Bonchev–Trinajstić information content (AvgIpc) is 2.38. The van der Waals surface area contributed by atoms with Gasteiger partial charge in [-0.05, 0) is 56.1 Å². The maximum atomic E-state index is 11.2. The molecule has 0 fully saturated rings. The summed E-state index contributed by atoms with van der Waals surface area (Å²) >= 11 is 0. The van der Waals surface area contributed by atoms with Crippen LogP contribution in [0.25, 0.3) is 0 Å². The summed E-state index contributed by atoms with van der Waals surface area (Å²) in [5.74, 6) is 0.905. The Morgan fingerprint density at radius 1 is 1.37 bits per heavy atom. The zero-order valence-electron chi connectivity index (χ0n) is 12.4. The van der Waals surface area contributed by atoms with Crippen molar-refractivity contribution in [3.05, 3.63) is 46.7 Å². The second-order valence-electron chi connectivity index (χ2n) is 4.73. The van der Waals surface area contributed by atoms with Gasteiger partial charge in [-0.2, -0.15) is 0 Å². The molecule has 0 aliphatic carbocycles. The molecule has 0 bridgehead atoms. The first-order chi connectivity index (χ1) is 8.96. The number of carbonyl (C=O) groups is 1. The summed E-state index contributed by atoms with van der Waals surface area (Å²) < 4.78 is 0. The van der Waals surface area contributed by atoms with E-state index >= 15 is 0 Å². The molecule has 0 amide bonds. The number of carbonyl (C=O) groups excluding carboxylic acids is 1. The van der Waals surface area contributed by atoms with Crippen LogP contribution in [0.15, 0.2) is 23.8 Å². The molecule has 0 saturated heterocycles. The Morgan fingerprint density at radius 2 is 2.00 bits per heavy atom. The predicted octanol–water partition coefficient (Wildman–Crippen LogP) is 3.42. The monoisotopic (exact) mass is 258 g/mol. The fourth-order valence-electron chi connectivity index (χ4n) is 2.28. The number of aliphatic imine (C=N–C) groups is 1. The van der Waals surface area contributed by atoms with Crippen LogP contribution in [-0.4, -0.2) is 24.1 Å². The highest BCUT2D eigenvalue weighted by molar-refractivity contribution is 5.82. The van der Waals surface area contributed by atoms with Crippen molar-refractivity contribution in [1.29, 1.82) is 0 Å². The molecule has 3 nitrogen and oxygen atoms in total. The van der Waals surface area contributed by atoms with E-state index in [9.17, 15) is 4.79 Å². The molecule has 19 heavy (non-hydrogen) atoms. The molecule has 0 spiro atoms. The van der Waals surface area contributed by atoms with E-state index in [1.54, 1.807) is 13.2 Å². The minimum atomic E-state index is 0.686. The second-order valence-corrected chi connectivity index (χ2v) is 4.73. The molecule has 0 N–H and O–H groups in total. The number of aryl methyl sites for hydroxylation is 2. The smallest absolute Gasteiger partial charge is 0.150 e. The van der Waals surface area contributed by atoms with Crippen molar-refractivity contribution < 1.29 is 4.79 Å². The van der Waals surface area contributed by atoms with Gasteiger partial charge >= 0.3 is 0 Å². The Balaban J connectivity index is 3.28. The van der Waals surface area contributed by atoms with E-state index in [0.717, 1.165) is 34.4 Å². The zero-order chi connectivity index (χ0) is 14.6. The molecule has 3 heteroatoms. The lowest BCUT2D eigenvalue weighted by Gasteiger charge is -2.23. The van der Waals surface area contributed by atoms with Crippen LogP contribution in [0.2, 0.25) is 0 Å². The fourth-order valence-corrected chi connectivity index (χ4v) is 2.28. The van der Waals surface area contributed by atoms with Gasteiger partial charge in [0.1, 0.15) is 0 Å². The maximum Gasteiger partial charge on any atom is 0.150 e. The van der Waals surface area contributed by atoms with Crippen LogP contribution in [-0.2, 0) is 6.54 Å². The molecular formula is C16H22N2O. The topological polar surface area (TPSA) is 32.7 Å². The van der Waals surface area contributed by atoms with Gasteiger partial charge in [0.2, 0.25) is 0 Å². The van der Waals surface area contributed by atoms with Gasteiger partial charge in [-0.25, -0.2) is 0 Å². The third-order valence-electron chi connectivity index (χ3n) is 3.60. The Kier molecular flexibility index (Phi) is 5.04. The van der Waals surface area contributed by atoms with Gasteiger partial charge in [0, 0.05) is 19.2 Å². The highest BCUT2D eigenvalue weighted by Crippen LogP contribution is 2.22. The summed E-state index contributed by atoms with van der Waals surface area (Å²) in [5.41, 5.74) is 5.21. The van der Waals surface area contributed by atoms with Crippen LogP contribution < -0.4 is 0 Å². The number of amidine groups is 1. The molecule has 102 valence electrons. The quantitative estimate of drug-likeness (QED) is 0.471. The van der Waals surface area contributed by atoms with Crippen molar-refractivity contribution in [1.82, 2.24) is 4.90 Å². The Hall–Kier alpha value is -1.90. The number of nitrogens with zero attached hydrogens (tertiary/aromatic N) is 2. The van der Waals surface area contributed by atoms with Crippen molar-refractivity contribution in [2.24, 2.45) is 4.99 Å². The van der Waals surface area contributed by atoms with E-state index in [2.05, 4.69) is 24.6 Å². The van der Waals surface area contributed by atoms with E-state index in [4.69, 9.17) is 0 Å². The molecular weight excluding hydrogens is 236 g/mol. The van der Waals surface area contributed by atoms with Gasteiger partial charge in [-0.1, -0.05) is 12.6 Å². The van der Waals surface area contributed by atoms with Crippen LogP contribution >= 0.6 is 0 Å². The summed E-state index contributed by atoms with van der Waals surface area (Å²) in [4.78, 5) is 17.4. The lowest BCUT2D eigenvalue weighted by molar-refractivity contribution is 0.112. The van der Waals surface area contributed by atoms with Crippen LogP contribution in [0.4, 0.5) is 0 Å². The number of hydrogen-bond acceptors (Lipinski definition) is 2. The molecule has 1 aromatic carbocycles. The molecule has 0 saturated carbocycles. The predicted molar refractivity (Wildman–Crippen MR) is 80.8 cm³/mol. The largest absolute Gasteiger partial charge is 0.333 e. The van der Waals surface area contributed by atoms with Crippen LogP contribution in [0.3, 0.4) is 0 Å². The van der Waals surface area contributed by atoms with Crippen molar-refractivity contribution >= 4 is 12.1 Å². The summed E-state index contributed by atoms with van der Waals surface area (Å²) in [6.07, 6.45) is 2.70. The van der Waals surface area contributed by atoms with E-state index in [1.165, 1.54) is 5.56 Å². The number of rotatable bonds is 4. The fraction of sp³-hybridized carbons (Fsp3) is 0.375. The Bertz CT molecular complexity index is 530. The highest BCUT2D eigenvalue weighted by atomic mass is 16.1. The molecule has 1 rings (SSSR count). The number of benzene rings is 1. The average molecular weight is 258 g/mol. The number of aldehydes is 1. The van der Waals surface area contributed by atoms with Crippen molar-refractivity contribution in [3.8, 4) is 0 Å². The normalized spacial score (nSPS) is 11.3. The lowest BCUT2D eigenvalue weighted by atomic mass is 9.94. The van der Waals surface area contributed by atoms with Crippen LogP contribution in [0.5, 0.6) is 0 Å². The third-order valence-corrected chi connectivity index (χ3v) is 3.60. The summed E-state index contributed by atoms with van der Waals surface area (Å²) in [7, 11) is 1.76. The SMILES string of the molecule is C=CN(Cc1c(C)cc(C)c(C=O)c1C)C(C)=NC. The Labute approximate surface area is 115 Å². The minimum absolute atomic E-state index is 0.686. The van der Waals surface area contributed by atoms with E-state index < -0.39 is 0 Å². The minimum Gasteiger partial charge on any atom is -0.333 e. The standard InChI is InChI=1S/C16H22N2O/c1-7-18(14(5)17-6)9-15-11(2)8-12(3)16(10-19)13(15)4/h7-8,10H,1,9H2,2-6H3. The van der Waals surface area contributed by atoms with Gasteiger partial charge in [0.05, 0.1) is 5.84 Å². The summed E-state index contributed by atoms with van der Waals surface area (Å²) in [6.45, 7) is 12.5. The first kappa shape index (κ1) is 15.2. The van der Waals surface area contributed by atoms with Gasteiger partial charge < -0.3 is 4.90 Å². The van der Waals surface area contributed by atoms with Crippen LogP contribution in [0.1, 0.15) is 39.5 Å². The Morgan fingerprint density at radius 3 is 2.47 bits per heavy atom. The summed E-state index contributed by atoms with van der Waals surface area (Å²) in [6, 6.07) is 2.06. The number of hydrogen-bond donors (Lipinski definition) is 0. The van der Waals surface area contributed by atoms with Gasteiger partial charge in [-0.3, -0.25) is 9.79 Å². The maximum absolute atomic E-state index is 11.2. The van der Waals surface area contributed by atoms with Gasteiger partial charge in [-0.15, -0.1) is 0 Å². The highest BCUT2D eigenvalue weighted by Gasteiger charge is 2.13. The molecule has 0 atom stereocenters. The lowest BCUT2D eigenvalue weighted by Crippen LogP contribution is -2.23. The molecule has 0 aliphatic rings. The summed E-state index contributed by atoms with van der Waals surface area (Å²) in [5, 5.41) is 0. The van der Waals surface area contributed by atoms with Crippen molar-refractivity contribution in [2.45, 2.75) is 34.2 Å². The first-order valence-corrected chi connectivity index (χ1v) is 6.33. The van der Waals surface area contributed by atoms with Gasteiger partial charge in [0.25, 0.3) is 0 Å². The van der Waals surface area contributed by atoms with E-state index in [1.807, 2.05) is 25.7 Å². The van der Waals surface area contributed by atoms with Crippen LogP contribution in [0, 0.1) is 20.8 Å². The zero-order valence-corrected chi connectivity index (χ0v) is 12.4. The molecule has 0 unspecified atom stereocenters. The molecule has 0 radical (unpaired) electrons. The first-order valence-electron chi connectivity index (χ1n) is 6.33. The van der Waals surface area contributed by atoms with E-state index in [0.29, 0.717) is 6.54 Å². The van der Waals surface area contributed by atoms with Crippen molar-refractivity contribution in [3.63, 3.8) is 0 Å². The molecule has 0 aromatic heterocycles. The second kappa shape index (κ2) is 6.32. The van der Waals surface area contributed by atoms with E-state index in [-0.39, 0.29) is 0 Å². The van der Waals surface area contributed by atoms with Crippen molar-refractivity contribution in [2.75, 3.05) is 7.05 Å². The molecule has 0 aliphatic heterocycles.